The third-order valence-electron chi connectivity index (χ3n) is 4.02. The predicted molar refractivity (Wildman–Crippen MR) is 113 cm³/mol. The molecule has 2 aromatic heterocycles. The summed E-state index contributed by atoms with van der Waals surface area (Å²) in [5, 5.41) is 0.151. The van der Waals surface area contributed by atoms with Crippen molar-refractivity contribution in [2.24, 2.45) is 0 Å². The minimum absolute atomic E-state index is 0.00971. The van der Waals surface area contributed by atoms with Crippen molar-refractivity contribution in [1.82, 2.24) is 19.5 Å². The minimum atomic E-state index is -3.80. The van der Waals surface area contributed by atoms with Gasteiger partial charge in [-0.25, -0.2) is 18.4 Å². The van der Waals surface area contributed by atoms with Gasteiger partial charge in [0.1, 0.15) is 28.6 Å². The first-order valence-electron chi connectivity index (χ1n) is 8.80. The van der Waals surface area contributed by atoms with Gasteiger partial charge in [0.25, 0.3) is 10.0 Å². The van der Waals surface area contributed by atoms with E-state index in [2.05, 4.69) is 19.7 Å². The van der Waals surface area contributed by atoms with Crippen LogP contribution >= 0.6 is 11.6 Å². The quantitative estimate of drug-likeness (QED) is 0.481. The van der Waals surface area contributed by atoms with E-state index in [1.807, 2.05) is 0 Å². The summed E-state index contributed by atoms with van der Waals surface area (Å²) >= 11 is 6.00. The van der Waals surface area contributed by atoms with Crippen molar-refractivity contribution in [2.75, 3.05) is 4.72 Å². The topological polar surface area (TPSA) is 99.0 Å². The highest BCUT2D eigenvalue weighted by Gasteiger charge is 2.17. The van der Waals surface area contributed by atoms with E-state index in [1.165, 1.54) is 12.1 Å². The third-order valence-corrected chi connectivity index (χ3v) is 5.91. The van der Waals surface area contributed by atoms with E-state index in [9.17, 15) is 8.42 Å². The average molecular weight is 442 g/mol. The molecule has 0 fully saturated rings. The Hall–Kier alpha value is -3.43. The van der Waals surface area contributed by atoms with E-state index in [0.717, 1.165) is 0 Å². The van der Waals surface area contributed by atoms with Crippen LogP contribution < -0.4 is 9.46 Å². The molecule has 0 bridgehead atoms. The number of imidazole rings is 1. The van der Waals surface area contributed by atoms with Crippen LogP contribution in [0.5, 0.6) is 11.6 Å². The molecule has 2 aromatic carbocycles. The Morgan fingerprint density at radius 1 is 1.07 bits per heavy atom. The normalized spacial score (nSPS) is 11.3. The van der Waals surface area contributed by atoms with Gasteiger partial charge in [0.15, 0.2) is 0 Å². The van der Waals surface area contributed by atoms with Crippen molar-refractivity contribution >= 4 is 27.3 Å². The molecule has 0 unspecified atom stereocenters. The van der Waals surface area contributed by atoms with Crippen LogP contribution in [0.2, 0.25) is 5.02 Å². The summed E-state index contributed by atoms with van der Waals surface area (Å²) in [6.45, 7) is 1.76. The van der Waals surface area contributed by atoms with E-state index < -0.39 is 10.0 Å². The molecule has 4 rings (SSSR count). The fourth-order valence-electron chi connectivity index (χ4n) is 2.69. The number of sulfonamides is 1. The van der Waals surface area contributed by atoms with Gasteiger partial charge in [-0.3, -0.25) is 9.29 Å². The fraction of sp³-hybridized carbons (Fsp3) is 0.0500. The lowest BCUT2D eigenvalue weighted by molar-refractivity contribution is 0.459. The molecule has 0 spiro atoms. The number of aryl methyl sites for hydroxylation is 1. The number of anilines is 1. The Kier molecular flexibility index (Phi) is 5.39. The molecule has 0 aliphatic carbocycles. The molecule has 10 heteroatoms. The summed E-state index contributed by atoms with van der Waals surface area (Å²) < 4.78 is 35.1. The highest BCUT2D eigenvalue weighted by Crippen LogP contribution is 2.26. The maximum atomic E-state index is 12.5. The smallest absolute Gasteiger partial charge is 0.263 e. The Morgan fingerprint density at radius 3 is 2.53 bits per heavy atom. The van der Waals surface area contributed by atoms with Crippen molar-refractivity contribution in [3.8, 4) is 17.4 Å². The molecule has 0 amide bonds. The van der Waals surface area contributed by atoms with E-state index in [4.69, 9.17) is 16.3 Å². The summed E-state index contributed by atoms with van der Waals surface area (Å²) in [5.41, 5.74) is 0.375. The Morgan fingerprint density at radius 2 is 1.83 bits per heavy atom. The monoisotopic (exact) mass is 441 g/mol. The Labute approximate surface area is 178 Å². The van der Waals surface area contributed by atoms with Gasteiger partial charge in [0, 0.05) is 24.1 Å². The van der Waals surface area contributed by atoms with E-state index >= 15 is 0 Å². The molecule has 0 saturated heterocycles. The van der Waals surface area contributed by atoms with Crippen LogP contribution in [0.3, 0.4) is 0 Å². The second-order valence-corrected chi connectivity index (χ2v) is 8.30. The van der Waals surface area contributed by atoms with Gasteiger partial charge >= 0.3 is 0 Å². The molecule has 2 heterocycles. The predicted octanol–water partition coefficient (Wildman–Crippen LogP) is 4.22. The van der Waals surface area contributed by atoms with Crippen molar-refractivity contribution in [1.29, 1.82) is 0 Å². The average Bonchev–Trinajstić information content (AvgIpc) is 3.24. The van der Waals surface area contributed by atoms with Gasteiger partial charge in [-0.1, -0.05) is 23.7 Å². The van der Waals surface area contributed by atoms with Crippen molar-refractivity contribution in [2.45, 2.75) is 11.8 Å². The van der Waals surface area contributed by atoms with Crippen LogP contribution in [0.4, 0.5) is 5.69 Å². The summed E-state index contributed by atoms with van der Waals surface area (Å²) in [5.74, 6) is 2.01. The maximum Gasteiger partial charge on any atom is 0.263 e. The molecule has 4 aromatic rings. The number of nitrogens with zero attached hydrogens (tertiary/aromatic N) is 4. The highest BCUT2D eigenvalue weighted by molar-refractivity contribution is 7.92. The maximum absolute atomic E-state index is 12.5. The number of aromatic nitrogens is 4. The van der Waals surface area contributed by atoms with E-state index in [0.29, 0.717) is 29.0 Å². The first kappa shape index (κ1) is 19.9. The largest absolute Gasteiger partial charge is 0.439 e. The Bertz CT molecular complexity index is 1280. The van der Waals surface area contributed by atoms with Crippen LogP contribution in [-0.4, -0.2) is 27.9 Å². The van der Waals surface area contributed by atoms with Crippen molar-refractivity contribution < 1.29 is 13.2 Å². The summed E-state index contributed by atoms with van der Waals surface area (Å²) in [6, 6.07) is 14.4. The van der Waals surface area contributed by atoms with Gasteiger partial charge in [-0.05, 0) is 43.3 Å². The van der Waals surface area contributed by atoms with Gasteiger partial charge in [0.2, 0.25) is 5.88 Å². The zero-order valence-electron chi connectivity index (χ0n) is 15.7. The molecule has 8 nitrogen and oxygen atoms in total. The second-order valence-electron chi connectivity index (χ2n) is 6.24. The summed E-state index contributed by atoms with van der Waals surface area (Å²) in [7, 11) is -3.80. The Balaban J connectivity index is 1.52. The number of rotatable bonds is 6. The van der Waals surface area contributed by atoms with Crippen molar-refractivity contribution in [3.63, 3.8) is 0 Å². The first-order chi connectivity index (χ1) is 14.4. The molecular formula is C20H16ClN5O3S. The minimum Gasteiger partial charge on any atom is -0.439 e. The van der Waals surface area contributed by atoms with Gasteiger partial charge in [-0.2, -0.15) is 4.98 Å². The molecule has 152 valence electrons. The van der Waals surface area contributed by atoms with Crippen LogP contribution in [0.15, 0.2) is 78.2 Å². The number of halogens is 1. The highest BCUT2D eigenvalue weighted by atomic mass is 35.5. The van der Waals surface area contributed by atoms with Crippen molar-refractivity contribution in [3.05, 3.63) is 84.2 Å². The van der Waals surface area contributed by atoms with E-state index in [-0.39, 0.29) is 9.92 Å². The number of ether oxygens (including phenoxy) is 1. The molecular weight excluding hydrogens is 426 g/mol. The summed E-state index contributed by atoms with van der Waals surface area (Å²) in [6.07, 6.45) is 5.05. The number of hydrogen-bond donors (Lipinski definition) is 1. The van der Waals surface area contributed by atoms with Gasteiger partial charge < -0.3 is 4.74 Å². The number of nitrogens with one attached hydrogen (secondary N) is 1. The second kappa shape index (κ2) is 8.13. The van der Waals surface area contributed by atoms with E-state index in [1.54, 1.807) is 72.7 Å². The lowest BCUT2D eigenvalue weighted by Crippen LogP contribution is -2.13. The van der Waals surface area contributed by atoms with Crippen LogP contribution in [0.25, 0.3) is 5.82 Å². The van der Waals surface area contributed by atoms with Gasteiger partial charge in [-0.15, -0.1) is 0 Å². The first-order valence-corrected chi connectivity index (χ1v) is 10.7. The zero-order valence-corrected chi connectivity index (χ0v) is 17.3. The molecule has 0 radical (unpaired) electrons. The van der Waals surface area contributed by atoms with Gasteiger partial charge in [0.05, 0.1) is 5.02 Å². The molecule has 0 aliphatic rings. The fourth-order valence-corrected chi connectivity index (χ4v) is 4.27. The van der Waals surface area contributed by atoms with Crippen LogP contribution in [-0.2, 0) is 10.0 Å². The standard InChI is InChI=1S/C20H16ClN5O3S/c1-14-23-19(26-11-10-22-13-26)12-20(24-14)29-16-8-6-15(7-9-16)25-30(27,28)18-5-3-2-4-17(18)21/h2-13,25H,1H3. The molecule has 0 saturated carbocycles. The molecule has 0 aliphatic heterocycles. The number of benzene rings is 2. The molecule has 30 heavy (non-hydrogen) atoms. The number of hydrogen-bond acceptors (Lipinski definition) is 6. The SMILES string of the molecule is Cc1nc(Oc2ccc(NS(=O)(=O)c3ccccc3Cl)cc2)cc(-n2ccnc2)n1. The molecule has 1 N–H and O–H groups in total. The zero-order chi connectivity index (χ0) is 21.1. The van der Waals surface area contributed by atoms with Crippen LogP contribution in [0, 0.1) is 6.92 Å². The van der Waals surface area contributed by atoms with Crippen LogP contribution in [0.1, 0.15) is 5.82 Å². The molecule has 0 atom stereocenters. The lowest BCUT2D eigenvalue weighted by atomic mass is 10.3. The summed E-state index contributed by atoms with van der Waals surface area (Å²) in [4.78, 5) is 12.6. The third kappa shape index (κ3) is 4.42. The lowest BCUT2D eigenvalue weighted by Gasteiger charge is -2.11.